The molecular formula is C8H20N2. The van der Waals surface area contributed by atoms with Crippen LogP contribution >= 0.6 is 0 Å². The van der Waals surface area contributed by atoms with E-state index in [0.29, 0.717) is 12.1 Å². The fraction of sp³-hybridized carbons (Fsp3) is 1.00. The van der Waals surface area contributed by atoms with Gasteiger partial charge in [0.05, 0.1) is 0 Å². The molecular weight excluding hydrogens is 124 g/mol. The van der Waals surface area contributed by atoms with Gasteiger partial charge in [-0.25, -0.2) is 0 Å². The van der Waals surface area contributed by atoms with Gasteiger partial charge in [-0.15, -0.1) is 0 Å². The molecule has 62 valence electrons. The molecule has 0 spiro atoms. The summed E-state index contributed by atoms with van der Waals surface area (Å²) in [5.41, 5.74) is 0. The first-order chi connectivity index (χ1) is 4.52. The Bertz CT molecular complexity index is 69.3. The Balaban J connectivity index is 3.34. The zero-order valence-electron chi connectivity index (χ0n) is 7.81. The molecule has 0 rings (SSSR count). The summed E-state index contributed by atoms with van der Waals surface area (Å²) in [6.45, 7) is 7.66. The lowest BCUT2D eigenvalue weighted by Gasteiger charge is -2.20. The van der Waals surface area contributed by atoms with Crippen LogP contribution in [0.5, 0.6) is 0 Å². The average Bonchev–Trinajstić information content (AvgIpc) is 1.58. The molecule has 0 saturated carbocycles. The normalized spacial score (nSPS) is 14.7. The van der Waals surface area contributed by atoms with Crippen LogP contribution in [0, 0.1) is 0 Å². The molecule has 0 aliphatic rings. The Morgan fingerprint density at radius 2 is 1.70 bits per heavy atom. The van der Waals surface area contributed by atoms with Crippen LogP contribution in [0.25, 0.3) is 0 Å². The summed E-state index contributed by atoms with van der Waals surface area (Å²) in [5, 5.41) is 3.43. The van der Waals surface area contributed by atoms with Crippen LogP contribution in [0.15, 0.2) is 0 Å². The van der Waals surface area contributed by atoms with Gasteiger partial charge in [-0.2, -0.15) is 0 Å². The molecule has 2 heteroatoms. The van der Waals surface area contributed by atoms with E-state index in [9.17, 15) is 0 Å². The molecule has 0 aliphatic heterocycles. The molecule has 0 radical (unpaired) electrons. The van der Waals surface area contributed by atoms with Crippen molar-refractivity contribution in [3.05, 3.63) is 0 Å². The van der Waals surface area contributed by atoms with E-state index in [1.165, 1.54) is 0 Å². The highest BCUT2D eigenvalue weighted by Gasteiger charge is 2.02. The van der Waals surface area contributed by atoms with Gasteiger partial charge in [0, 0.05) is 18.6 Å². The van der Waals surface area contributed by atoms with E-state index in [4.69, 9.17) is 0 Å². The lowest BCUT2D eigenvalue weighted by molar-refractivity contribution is 0.337. The molecule has 2 nitrogen and oxygen atoms in total. The summed E-state index contributed by atoms with van der Waals surface area (Å²) in [7, 11) is 4.19. The van der Waals surface area contributed by atoms with Crippen molar-refractivity contribution in [2.45, 2.75) is 32.9 Å². The molecule has 0 aromatic carbocycles. The number of hydrogen-bond acceptors (Lipinski definition) is 2. The third-order valence-electron chi connectivity index (χ3n) is 1.26. The molecule has 0 aliphatic carbocycles. The lowest BCUT2D eigenvalue weighted by Crippen LogP contribution is -2.39. The van der Waals surface area contributed by atoms with Gasteiger partial charge in [-0.05, 0) is 21.0 Å². The second-order valence-electron chi connectivity index (χ2n) is 3.48. The first-order valence-electron chi connectivity index (χ1n) is 3.93. The van der Waals surface area contributed by atoms with Crippen molar-refractivity contribution in [3.63, 3.8) is 0 Å². The Morgan fingerprint density at radius 3 is 2.00 bits per heavy atom. The van der Waals surface area contributed by atoms with Crippen molar-refractivity contribution in [2.24, 2.45) is 0 Å². The van der Waals surface area contributed by atoms with E-state index in [1.54, 1.807) is 0 Å². The first-order valence-corrected chi connectivity index (χ1v) is 3.93. The molecule has 0 aromatic heterocycles. The SMILES string of the molecule is CC(C)N[C@@H](C)CN(C)C. The quantitative estimate of drug-likeness (QED) is 0.631. The number of rotatable bonds is 4. The molecule has 1 atom stereocenters. The fourth-order valence-electron chi connectivity index (χ4n) is 1.17. The second kappa shape index (κ2) is 4.69. The molecule has 0 bridgehead atoms. The summed E-state index contributed by atoms with van der Waals surface area (Å²) in [6, 6.07) is 1.19. The molecule has 0 fully saturated rings. The van der Waals surface area contributed by atoms with Crippen LogP contribution in [0.2, 0.25) is 0 Å². The molecule has 0 amide bonds. The van der Waals surface area contributed by atoms with Gasteiger partial charge in [0.2, 0.25) is 0 Å². The van der Waals surface area contributed by atoms with Crippen molar-refractivity contribution < 1.29 is 0 Å². The van der Waals surface area contributed by atoms with Gasteiger partial charge in [-0.3, -0.25) is 0 Å². The van der Waals surface area contributed by atoms with Crippen molar-refractivity contribution in [1.82, 2.24) is 10.2 Å². The van der Waals surface area contributed by atoms with Crippen LogP contribution < -0.4 is 5.32 Å². The van der Waals surface area contributed by atoms with Crippen molar-refractivity contribution in [3.8, 4) is 0 Å². The fourth-order valence-corrected chi connectivity index (χ4v) is 1.17. The molecule has 0 heterocycles. The highest BCUT2D eigenvalue weighted by molar-refractivity contribution is 4.65. The van der Waals surface area contributed by atoms with Crippen LogP contribution in [0.3, 0.4) is 0 Å². The third-order valence-corrected chi connectivity index (χ3v) is 1.26. The second-order valence-corrected chi connectivity index (χ2v) is 3.48. The maximum atomic E-state index is 3.43. The minimum absolute atomic E-state index is 0.593. The topological polar surface area (TPSA) is 15.3 Å². The van der Waals surface area contributed by atoms with Gasteiger partial charge in [0.25, 0.3) is 0 Å². The van der Waals surface area contributed by atoms with Gasteiger partial charge in [0.1, 0.15) is 0 Å². The first kappa shape index (κ1) is 9.92. The number of likely N-dealkylation sites (N-methyl/N-ethyl adjacent to an activating group) is 1. The monoisotopic (exact) mass is 144 g/mol. The number of nitrogens with zero attached hydrogens (tertiary/aromatic N) is 1. The maximum absolute atomic E-state index is 3.43. The highest BCUT2D eigenvalue weighted by atomic mass is 15.1. The Labute approximate surface area is 64.6 Å². The predicted molar refractivity (Wildman–Crippen MR) is 46.3 cm³/mol. The highest BCUT2D eigenvalue weighted by Crippen LogP contribution is 1.87. The summed E-state index contributed by atoms with van der Waals surface area (Å²) in [6.07, 6.45) is 0. The largest absolute Gasteiger partial charge is 0.311 e. The van der Waals surface area contributed by atoms with Gasteiger partial charge >= 0.3 is 0 Å². The maximum Gasteiger partial charge on any atom is 0.0168 e. The van der Waals surface area contributed by atoms with E-state index >= 15 is 0 Å². The standard InChI is InChI=1S/C8H20N2/c1-7(2)9-8(3)6-10(4)5/h7-9H,6H2,1-5H3/t8-/m0/s1. The smallest absolute Gasteiger partial charge is 0.0168 e. The third kappa shape index (κ3) is 6.05. The zero-order chi connectivity index (χ0) is 8.15. The molecule has 0 unspecified atom stereocenters. The summed E-state index contributed by atoms with van der Waals surface area (Å²) < 4.78 is 0. The van der Waals surface area contributed by atoms with Gasteiger partial charge in [0.15, 0.2) is 0 Å². The molecule has 0 saturated heterocycles. The van der Waals surface area contributed by atoms with Gasteiger partial charge in [-0.1, -0.05) is 13.8 Å². The molecule has 0 aromatic rings. The van der Waals surface area contributed by atoms with Crippen molar-refractivity contribution >= 4 is 0 Å². The van der Waals surface area contributed by atoms with Crippen LogP contribution in [0.1, 0.15) is 20.8 Å². The average molecular weight is 144 g/mol. The summed E-state index contributed by atoms with van der Waals surface area (Å²) >= 11 is 0. The lowest BCUT2D eigenvalue weighted by atomic mass is 10.3. The Morgan fingerprint density at radius 1 is 1.20 bits per heavy atom. The Kier molecular flexibility index (Phi) is 4.65. The number of nitrogens with one attached hydrogen (secondary N) is 1. The van der Waals surface area contributed by atoms with Crippen LogP contribution in [-0.4, -0.2) is 37.6 Å². The van der Waals surface area contributed by atoms with Crippen molar-refractivity contribution in [2.75, 3.05) is 20.6 Å². The predicted octanol–water partition coefficient (Wildman–Crippen LogP) is 0.934. The summed E-state index contributed by atoms with van der Waals surface area (Å²) in [4.78, 5) is 2.19. The minimum Gasteiger partial charge on any atom is -0.311 e. The van der Waals surface area contributed by atoms with Crippen LogP contribution in [0.4, 0.5) is 0 Å². The van der Waals surface area contributed by atoms with E-state index in [1.807, 2.05) is 0 Å². The molecule has 1 N–H and O–H groups in total. The van der Waals surface area contributed by atoms with E-state index in [2.05, 4.69) is 45.1 Å². The number of hydrogen-bond donors (Lipinski definition) is 1. The van der Waals surface area contributed by atoms with E-state index < -0.39 is 0 Å². The van der Waals surface area contributed by atoms with Crippen molar-refractivity contribution in [1.29, 1.82) is 0 Å². The Hall–Kier alpha value is -0.0800. The minimum atomic E-state index is 0.593. The van der Waals surface area contributed by atoms with Gasteiger partial charge < -0.3 is 10.2 Å². The zero-order valence-corrected chi connectivity index (χ0v) is 7.81. The molecule has 10 heavy (non-hydrogen) atoms. The van der Waals surface area contributed by atoms with E-state index in [-0.39, 0.29) is 0 Å². The van der Waals surface area contributed by atoms with Crippen LogP contribution in [-0.2, 0) is 0 Å². The van der Waals surface area contributed by atoms with E-state index in [0.717, 1.165) is 6.54 Å². The summed E-state index contributed by atoms with van der Waals surface area (Å²) in [5.74, 6) is 0.